The zero-order chi connectivity index (χ0) is 20.5. The number of benzene rings is 1. The number of hydrogen-bond donors (Lipinski definition) is 1. The molecule has 3 aromatic heterocycles. The smallest absolute Gasteiger partial charge is 0.123 e. The lowest BCUT2D eigenvalue weighted by molar-refractivity contribution is 0.306. The molecule has 4 aromatic rings. The van der Waals surface area contributed by atoms with Crippen molar-refractivity contribution in [2.24, 2.45) is 0 Å². The van der Waals surface area contributed by atoms with Gasteiger partial charge in [0, 0.05) is 29.4 Å². The average Bonchev–Trinajstić information content (AvgIpc) is 3.36. The summed E-state index contributed by atoms with van der Waals surface area (Å²) in [7, 11) is 0. The van der Waals surface area contributed by atoms with Gasteiger partial charge in [0.1, 0.15) is 18.2 Å². The molecule has 154 valence electrons. The maximum Gasteiger partial charge on any atom is 0.123 e. The Labute approximate surface area is 177 Å². The van der Waals surface area contributed by atoms with Crippen LogP contribution in [0.15, 0.2) is 54.9 Å². The van der Waals surface area contributed by atoms with Crippen molar-refractivity contribution in [2.45, 2.75) is 58.0 Å². The lowest BCUT2D eigenvalue weighted by atomic mass is 9.78. The van der Waals surface area contributed by atoms with Crippen LogP contribution < -0.4 is 4.74 Å². The van der Waals surface area contributed by atoms with E-state index in [2.05, 4.69) is 42.1 Å². The third-order valence-electron chi connectivity index (χ3n) is 6.47. The van der Waals surface area contributed by atoms with E-state index in [1.165, 1.54) is 48.3 Å². The SMILES string of the molecule is Cc1nc([C@H]2CC[C@H](c3cnn4ccc(OCc5ccccc5)cc34)CC2)[nH]c1C. The highest BCUT2D eigenvalue weighted by Crippen LogP contribution is 2.41. The normalized spacial score (nSPS) is 19.3. The van der Waals surface area contributed by atoms with Crippen molar-refractivity contribution in [3.63, 3.8) is 0 Å². The molecule has 1 aromatic carbocycles. The first-order valence-electron chi connectivity index (χ1n) is 10.8. The summed E-state index contributed by atoms with van der Waals surface area (Å²) in [5.41, 5.74) is 5.99. The van der Waals surface area contributed by atoms with Gasteiger partial charge < -0.3 is 9.72 Å². The van der Waals surface area contributed by atoms with Crippen LogP contribution >= 0.6 is 0 Å². The van der Waals surface area contributed by atoms with Crippen molar-refractivity contribution in [2.75, 3.05) is 0 Å². The van der Waals surface area contributed by atoms with E-state index in [1.807, 2.05) is 41.2 Å². The highest BCUT2D eigenvalue weighted by molar-refractivity contribution is 5.58. The summed E-state index contributed by atoms with van der Waals surface area (Å²) in [6, 6.07) is 14.4. The van der Waals surface area contributed by atoms with E-state index in [0.717, 1.165) is 17.0 Å². The second-order valence-corrected chi connectivity index (χ2v) is 8.45. The largest absolute Gasteiger partial charge is 0.489 e. The molecule has 1 aliphatic carbocycles. The van der Waals surface area contributed by atoms with Crippen molar-refractivity contribution in [3.8, 4) is 5.75 Å². The van der Waals surface area contributed by atoms with Crippen molar-refractivity contribution in [1.82, 2.24) is 19.6 Å². The minimum Gasteiger partial charge on any atom is -0.489 e. The number of aromatic nitrogens is 4. The van der Waals surface area contributed by atoms with E-state index in [9.17, 15) is 0 Å². The first-order valence-corrected chi connectivity index (χ1v) is 10.8. The highest BCUT2D eigenvalue weighted by Gasteiger charge is 2.27. The third kappa shape index (κ3) is 3.72. The number of pyridine rings is 1. The molecule has 0 spiro atoms. The van der Waals surface area contributed by atoms with Crippen LogP contribution in [-0.2, 0) is 6.61 Å². The van der Waals surface area contributed by atoms with Crippen molar-refractivity contribution >= 4 is 5.52 Å². The highest BCUT2D eigenvalue weighted by atomic mass is 16.5. The molecule has 0 unspecified atom stereocenters. The zero-order valence-corrected chi connectivity index (χ0v) is 17.6. The molecule has 0 radical (unpaired) electrons. The number of rotatable bonds is 5. The summed E-state index contributed by atoms with van der Waals surface area (Å²) < 4.78 is 8.02. The molecule has 0 bridgehead atoms. The molecule has 5 rings (SSSR count). The zero-order valence-electron chi connectivity index (χ0n) is 17.6. The van der Waals surface area contributed by atoms with Crippen LogP contribution in [0.4, 0.5) is 0 Å². The van der Waals surface area contributed by atoms with Gasteiger partial charge in [-0.25, -0.2) is 9.50 Å². The first kappa shape index (κ1) is 18.9. The Morgan fingerprint density at radius 1 is 1.03 bits per heavy atom. The van der Waals surface area contributed by atoms with Crippen molar-refractivity contribution in [3.05, 3.63) is 83.2 Å². The van der Waals surface area contributed by atoms with Gasteiger partial charge in [-0.3, -0.25) is 0 Å². The minimum absolute atomic E-state index is 0.542. The number of fused-ring (bicyclic) bond motifs is 1. The molecule has 0 aliphatic heterocycles. The maximum absolute atomic E-state index is 6.05. The van der Waals surface area contributed by atoms with Crippen LogP contribution in [0, 0.1) is 13.8 Å². The molecule has 0 atom stereocenters. The Bertz CT molecular complexity index is 1120. The van der Waals surface area contributed by atoms with Crippen LogP contribution in [0.1, 0.15) is 65.9 Å². The fourth-order valence-corrected chi connectivity index (χ4v) is 4.57. The van der Waals surface area contributed by atoms with Gasteiger partial charge in [0.25, 0.3) is 0 Å². The number of aryl methyl sites for hydroxylation is 2. The van der Waals surface area contributed by atoms with Crippen LogP contribution in [0.2, 0.25) is 0 Å². The van der Waals surface area contributed by atoms with Gasteiger partial charge >= 0.3 is 0 Å². The quantitative estimate of drug-likeness (QED) is 0.468. The number of H-pyrrole nitrogens is 1. The number of ether oxygens (including phenoxy) is 1. The molecular formula is C25H28N4O. The molecule has 1 saturated carbocycles. The summed E-state index contributed by atoms with van der Waals surface area (Å²) in [5, 5.41) is 4.59. The van der Waals surface area contributed by atoms with Gasteiger partial charge in [-0.15, -0.1) is 0 Å². The standard InChI is InChI=1S/C25H28N4O/c1-17-18(2)28-25(27-17)21-10-8-20(9-11-21)23-15-26-29-13-12-22(14-24(23)29)30-16-19-6-4-3-5-7-19/h3-7,12-15,20-21H,8-11,16H2,1-2H3,(H,27,28)/t20-,21-. The van der Waals surface area contributed by atoms with Gasteiger partial charge in [-0.1, -0.05) is 30.3 Å². The lowest BCUT2D eigenvalue weighted by Crippen LogP contribution is -2.13. The Kier molecular flexibility index (Phi) is 5.03. The first-order chi connectivity index (χ1) is 14.7. The predicted octanol–water partition coefficient (Wildman–Crippen LogP) is 5.69. The monoisotopic (exact) mass is 400 g/mol. The van der Waals surface area contributed by atoms with Gasteiger partial charge in [-0.2, -0.15) is 5.10 Å². The van der Waals surface area contributed by atoms with E-state index >= 15 is 0 Å². The van der Waals surface area contributed by atoms with E-state index in [4.69, 9.17) is 9.72 Å². The summed E-state index contributed by atoms with van der Waals surface area (Å²) in [6.45, 7) is 4.76. The van der Waals surface area contributed by atoms with Crippen molar-refractivity contribution in [1.29, 1.82) is 0 Å². The van der Waals surface area contributed by atoms with Gasteiger partial charge in [0.05, 0.1) is 17.4 Å². The molecule has 0 saturated heterocycles. The second kappa shape index (κ2) is 7.98. The summed E-state index contributed by atoms with van der Waals surface area (Å²) in [5.74, 6) is 3.14. The molecule has 30 heavy (non-hydrogen) atoms. The van der Waals surface area contributed by atoms with Gasteiger partial charge in [-0.05, 0) is 57.1 Å². The summed E-state index contributed by atoms with van der Waals surface area (Å²) >= 11 is 0. The summed E-state index contributed by atoms with van der Waals surface area (Å²) in [6.07, 6.45) is 8.71. The Hall–Kier alpha value is -3.08. The Balaban J connectivity index is 1.30. The maximum atomic E-state index is 6.05. The molecule has 3 heterocycles. The molecule has 0 amide bonds. The second-order valence-electron chi connectivity index (χ2n) is 8.45. The van der Waals surface area contributed by atoms with E-state index in [0.29, 0.717) is 18.4 Å². The number of aromatic amines is 1. The number of hydrogen-bond acceptors (Lipinski definition) is 3. The van der Waals surface area contributed by atoms with Crippen LogP contribution in [-0.4, -0.2) is 19.6 Å². The van der Waals surface area contributed by atoms with Crippen LogP contribution in [0.5, 0.6) is 5.75 Å². The Morgan fingerprint density at radius 2 is 1.80 bits per heavy atom. The molecule has 5 nitrogen and oxygen atoms in total. The molecular weight excluding hydrogens is 372 g/mol. The molecule has 1 fully saturated rings. The molecule has 1 N–H and O–H groups in total. The average molecular weight is 401 g/mol. The topological polar surface area (TPSA) is 55.2 Å². The predicted molar refractivity (Wildman–Crippen MR) is 118 cm³/mol. The van der Waals surface area contributed by atoms with Crippen LogP contribution in [0.3, 0.4) is 0 Å². The van der Waals surface area contributed by atoms with Gasteiger partial charge in [0.15, 0.2) is 0 Å². The lowest BCUT2D eigenvalue weighted by Gasteiger charge is -2.27. The number of nitrogens with zero attached hydrogens (tertiary/aromatic N) is 3. The summed E-state index contributed by atoms with van der Waals surface area (Å²) in [4.78, 5) is 8.22. The molecule has 1 aliphatic rings. The van der Waals surface area contributed by atoms with E-state index < -0.39 is 0 Å². The number of imidazole rings is 1. The van der Waals surface area contributed by atoms with Crippen LogP contribution in [0.25, 0.3) is 5.52 Å². The Morgan fingerprint density at radius 3 is 2.53 bits per heavy atom. The van der Waals surface area contributed by atoms with Gasteiger partial charge in [0.2, 0.25) is 0 Å². The fourth-order valence-electron chi connectivity index (χ4n) is 4.57. The van der Waals surface area contributed by atoms with Crippen molar-refractivity contribution < 1.29 is 4.74 Å². The van der Waals surface area contributed by atoms with E-state index in [-0.39, 0.29) is 0 Å². The third-order valence-corrected chi connectivity index (χ3v) is 6.47. The van der Waals surface area contributed by atoms with E-state index in [1.54, 1.807) is 0 Å². The number of nitrogens with one attached hydrogen (secondary N) is 1. The molecule has 5 heteroatoms. The fraction of sp³-hybridized carbons (Fsp3) is 0.360. The minimum atomic E-state index is 0.542.